The highest BCUT2D eigenvalue weighted by Gasteiger charge is 2.34. The summed E-state index contributed by atoms with van der Waals surface area (Å²) in [5.74, 6) is 0.462. The lowest BCUT2D eigenvalue weighted by Crippen LogP contribution is -2.36. The molecule has 1 fully saturated rings. The highest BCUT2D eigenvalue weighted by molar-refractivity contribution is 5.98. The van der Waals surface area contributed by atoms with Gasteiger partial charge in [0.2, 0.25) is 0 Å². The number of benzene rings is 2. The van der Waals surface area contributed by atoms with Gasteiger partial charge in [-0.2, -0.15) is 0 Å². The summed E-state index contributed by atoms with van der Waals surface area (Å²) >= 11 is 0. The van der Waals surface area contributed by atoms with E-state index in [2.05, 4.69) is 4.98 Å². The number of alkyl halides is 2. The number of hydrogen-bond acceptors (Lipinski definition) is 2. The van der Waals surface area contributed by atoms with E-state index in [4.69, 9.17) is 0 Å². The lowest BCUT2D eigenvalue weighted by molar-refractivity contribution is 0.0534. The van der Waals surface area contributed by atoms with Gasteiger partial charge in [-0.3, -0.25) is 9.36 Å². The average molecular weight is 355 g/mol. The lowest BCUT2D eigenvalue weighted by atomic mass is 10.1. The molecule has 3 aromatic rings. The molecule has 1 aliphatic rings. The topological polar surface area (TPSA) is 38.1 Å². The van der Waals surface area contributed by atoms with Gasteiger partial charge in [0.05, 0.1) is 17.6 Å². The van der Waals surface area contributed by atoms with Crippen molar-refractivity contribution >= 4 is 16.9 Å². The van der Waals surface area contributed by atoms with Gasteiger partial charge in [0.15, 0.2) is 0 Å². The first-order valence-corrected chi connectivity index (χ1v) is 8.68. The first-order chi connectivity index (χ1) is 12.5. The molecule has 0 aliphatic heterocycles. The molecule has 0 atom stereocenters. The van der Waals surface area contributed by atoms with E-state index in [0.29, 0.717) is 11.1 Å². The minimum atomic E-state index is -2.53. The van der Waals surface area contributed by atoms with Crippen molar-refractivity contribution in [2.24, 2.45) is 0 Å². The molecule has 1 saturated carbocycles. The van der Waals surface area contributed by atoms with Gasteiger partial charge in [-0.25, -0.2) is 13.8 Å². The molecular weight excluding hydrogens is 336 g/mol. The summed E-state index contributed by atoms with van der Waals surface area (Å²) < 4.78 is 27.7. The Morgan fingerprint density at radius 3 is 2.62 bits per heavy atom. The van der Waals surface area contributed by atoms with Crippen LogP contribution in [0.25, 0.3) is 16.7 Å². The Kier molecular flexibility index (Phi) is 4.18. The third-order valence-electron chi connectivity index (χ3n) is 4.67. The van der Waals surface area contributed by atoms with Crippen molar-refractivity contribution in [3.05, 3.63) is 59.9 Å². The van der Waals surface area contributed by atoms with Crippen LogP contribution in [-0.2, 0) is 0 Å². The summed E-state index contributed by atoms with van der Waals surface area (Å²) in [6, 6.07) is 15.0. The molecule has 1 aliphatic carbocycles. The maximum absolute atomic E-state index is 12.8. The summed E-state index contributed by atoms with van der Waals surface area (Å²) in [5, 5.41) is 0. The number of nitrogens with zero attached hydrogens (tertiary/aromatic N) is 3. The van der Waals surface area contributed by atoms with Crippen LogP contribution in [0.3, 0.4) is 0 Å². The number of imidazole rings is 1. The van der Waals surface area contributed by atoms with Crippen molar-refractivity contribution in [1.29, 1.82) is 0 Å². The van der Waals surface area contributed by atoms with Crippen LogP contribution in [0.5, 0.6) is 0 Å². The molecular formula is C20H19F2N3O. The molecule has 2 aromatic carbocycles. The van der Waals surface area contributed by atoms with Crippen LogP contribution in [0.15, 0.2) is 48.5 Å². The number of carbonyl (C=O) groups excluding carboxylic acids is 1. The van der Waals surface area contributed by atoms with Crippen molar-refractivity contribution in [1.82, 2.24) is 14.5 Å². The molecule has 0 N–H and O–H groups in total. The monoisotopic (exact) mass is 355 g/mol. The van der Waals surface area contributed by atoms with Gasteiger partial charge in [-0.05, 0) is 50.1 Å². The van der Waals surface area contributed by atoms with Crippen molar-refractivity contribution in [2.45, 2.75) is 32.2 Å². The van der Waals surface area contributed by atoms with Crippen LogP contribution >= 0.6 is 0 Å². The molecule has 4 nitrogen and oxygen atoms in total. The van der Waals surface area contributed by atoms with Gasteiger partial charge in [0.1, 0.15) is 5.82 Å². The molecule has 4 rings (SSSR count). The van der Waals surface area contributed by atoms with E-state index < -0.39 is 13.0 Å². The number of fused-ring (bicyclic) bond motifs is 1. The second kappa shape index (κ2) is 6.52. The van der Waals surface area contributed by atoms with E-state index in [1.807, 2.05) is 47.9 Å². The highest BCUT2D eigenvalue weighted by Crippen LogP contribution is 2.30. The molecule has 6 heteroatoms. The molecule has 1 heterocycles. The van der Waals surface area contributed by atoms with Crippen molar-refractivity contribution in [3.8, 4) is 5.69 Å². The van der Waals surface area contributed by atoms with E-state index in [1.165, 1.54) is 4.90 Å². The second-order valence-corrected chi connectivity index (χ2v) is 6.61. The Morgan fingerprint density at radius 2 is 1.96 bits per heavy atom. The number of halogens is 2. The number of amides is 1. The number of aryl methyl sites for hydroxylation is 1. The lowest BCUT2D eigenvalue weighted by Gasteiger charge is -2.22. The Balaban J connectivity index is 1.71. The zero-order chi connectivity index (χ0) is 18.3. The van der Waals surface area contributed by atoms with E-state index in [1.54, 1.807) is 12.1 Å². The van der Waals surface area contributed by atoms with E-state index in [9.17, 15) is 13.6 Å². The molecule has 0 spiro atoms. The summed E-state index contributed by atoms with van der Waals surface area (Å²) in [7, 11) is 0. The Labute approximate surface area is 150 Å². The fourth-order valence-electron chi connectivity index (χ4n) is 3.34. The van der Waals surface area contributed by atoms with Crippen LogP contribution in [0.4, 0.5) is 8.78 Å². The molecule has 0 radical (unpaired) electrons. The number of hydrogen-bond donors (Lipinski definition) is 0. The Morgan fingerprint density at radius 1 is 1.23 bits per heavy atom. The Hall–Kier alpha value is -2.76. The van der Waals surface area contributed by atoms with E-state index >= 15 is 0 Å². The fourth-order valence-corrected chi connectivity index (χ4v) is 3.34. The molecule has 1 aromatic heterocycles. The first kappa shape index (κ1) is 16.7. The summed E-state index contributed by atoms with van der Waals surface area (Å²) in [4.78, 5) is 18.6. The number of para-hydroxylation sites is 1. The van der Waals surface area contributed by atoms with E-state index in [0.717, 1.165) is 29.9 Å². The zero-order valence-corrected chi connectivity index (χ0v) is 14.4. The van der Waals surface area contributed by atoms with E-state index in [-0.39, 0.29) is 11.9 Å². The third-order valence-corrected chi connectivity index (χ3v) is 4.67. The summed E-state index contributed by atoms with van der Waals surface area (Å²) in [6.45, 7) is 1.39. The second-order valence-electron chi connectivity index (χ2n) is 6.61. The zero-order valence-electron chi connectivity index (χ0n) is 14.4. The number of carbonyl (C=O) groups is 1. The smallest absolute Gasteiger partial charge is 0.255 e. The number of rotatable bonds is 5. The predicted molar refractivity (Wildman–Crippen MR) is 95.9 cm³/mol. The van der Waals surface area contributed by atoms with Crippen molar-refractivity contribution in [3.63, 3.8) is 0 Å². The van der Waals surface area contributed by atoms with Crippen LogP contribution < -0.4 is 0 Å². The van der Waals surface area contributed by atoms with Gasteiger partial charge in [0, 0.05) is 17.3 Å². The van der Waals surface area contributed by atoms with Gasteiger partial charge in [-0.1, -0.05) is 18.2 Å². The van der Waals surface area contributed by atoms with Crippen LogP contribution in [-0.4, -0.2) is 39.4 Å². The fraction of sp³-hybridized carbons (Fsp3) is 0.300. The highest BCUT2D eigenvalue weighted by atomic mass is 19.3. The maximum Gasteiger partial charge on any atom is 0.255 e. The van der Waals surface area contributed by atoms with Crippen molar-refractivity contribution in [2.75, 3.05) is 6.54 Å². The summed E-state index contributed by atoms with van der Waals surface area (Å²) in [6.07, 6.45) is -0.937. The molecule has 134 valence electrons. The van der Waals surface area contributed by atoms with Gasteiger partial charge >= 0.3 is 0 Å². The molecule has 26 heavy (non-hydrogen) atoms. The first-order valence-electron chi connectivity index (χ1n) is 8.68. The predicted octanol–water partition coefficient (Wildman–Crippen LogP) is 4.20. The molecule has 0 unspecified atom stereocenters. The van der Waals surface area contributed by atoms with Crippen LogP contribution in [0, 0.1) is 6.92 Å². The molecule has 1 amide bonds. The minimum absolute atomic E-state index is 0.0594. The quantitative estimate of drug-likeness (QED) is 0.688. The normalized spacial score (nSPS) is 14.2. The largest absolute Gasteiger partial charge is 0.330 e. The SMILES string of the molecule is Cc1nc2cc(C(=O)N(CC(F)F)C3CC3)ccc2n1-c1ccccc1. The molecule has 0 saturated heterocycles. The van der Waals surface area contributed by atoms with Gasteiger partial charge in [0.25, 0.3) is 12.3 Å². The Bertz CT molecular complexity index is 948. The van der Waals surface area contributed by atoms with Crippen LogP contribution in [0.1, 0.15) is 29.0 Å². The standard InChI is InChI=1S/C20H19F2N3O/c1-13-23-17-11-14(20(26)24(12-19(21)22)15-8-9-15)7-10-18(17)25(13)16-5-3-2-4-6-16/h2-7,10-11,15,19H,8-9,12H2,1H3. The average Bonchev–Trinajstić information content (AvgIpc) is 3.41. The van der Waals surface area contributed by atoms with Gasteiger partial charge in [-0.15, -0.1) is 0 Å². The van der Waals surface area contributed by atoms with Crippen LogP contribution in [0.2, 0.25) is 0 Å². The third kappa shape index (κ3) is 3.07. The minimum Gasteiger partial charge on any atom is -0.330 e. The van der Waals surface area contributed by atoms with Crippen molar-refractivity contribution < 1.29 is 13.6 Å². The van der Waals surface area contributed by atoms with Gasteiger partial charge < -0.3 is 4.90 Å². The summed E-state index contributed by atoms with van der Waals surface area (Å²) in [5.41, 5.74) is 2.97. The molecule has 0 bridgehead atoms. The maximum atomic E-state index is 12.8. The number of aromatic nitrogens is 2.